The Morgan fingerprint density at radius 1 is 0.500 bits per heavy atom. The standard InChI is InChI=1S/2C8H11NO/c2*1-9-7-5-3-2-4-6-8-10/h2*2-8,10H,1H3/p+2/b4-2+,5-3+,8-6-,9-7?;. The average molecular weight is 276 g/mol. The third-order valence-electron chi connectivity index (χ3n) is 1.59. The Morgan fingerprint density at radius 2 is 0.800 bits per heavy atom. The van der Waals surface area contributed by atoms with Gasteiger partial charge in [0.05, 0.1) is 12.5 Å². The number of aliphatic hydroxyl groups excluding tert-OH is 2. The molecule has 20 heavy (non-hydrogen) atoms. The molecule has 0 aliphatic heterocycles. The number of hydrogen-bond donors (Lipinski definition) is 4. The second kappa shape index (κ2) is 21.6. The number of rotatable bonds is 6. The molecule has 0 fully saturated rings. The van der Waals surface area contributed by atoms with E-state index in [2.05, 4.69) is 9.98 Å². The molecule has 0 heterocycles. The van der Waals surface area contributed by atoms with Crippen LogP contribution in [-0.2, 0) is 0 Å². The monoisotopic (exact) mass is 276 g/mol. The van der Waals surface area contributed by atoms with Crippen molar-refractivity contribution < 1.29 is 20.2 Å². The Kier molecular flexibility index (Phi) is 21.3. The van der Waals surface area contributed by atoms with Gasteiger partial charge in [-0.2, -0.15) is 0 Å². The lowest BCUT2D eigenvalue weighted by molar-refractivity contribution is -0.413. The third-order valence-corrected chi connectivity index (χ3v) is 1.59. The van der Waals surface area contributed by atoms with Crippen molar-refractivity contribution in [1.82, 2.24) is 0 Å². The van der Waals surface area contributed by atoms with Crippen molar-refractivity contribution >= 4 is 12.4 Å². The Morgan fingerprint density at radius 3 is 1.10 bits per heavy atom. The molecule has 0 amide bonds. The normalized spacial score (nSPS) is 13.3. The molecule has 0 aromatic carbocycles. The minimum Gasteiger partial charge on any atom is -0.516 e. The van der Waals surface area contributed by atoms with Crippen LogP contribution >= 0.6 is 0 Å². The van der Waals surface area contributed by atoms with E-state index in [0.717, 1.165) is 12.5 Å². The predicted octanol–water partition coefficient (Wildman–Crippen LogP) is -0.0966. The van der Waals surface area contributed by atoms with E-state index in [-0.39, 0.29) is 0 Å². The van der Waals surface area contributed by atoms with Crippen molar-refractivity contribution in [3.63, 3.8) is 0 Å². The van der Waals surface area contributed by atoms with Crippen LogP contribution in [0.15, 0.2) is 73.3 Å². The molecule has 0 aromatic heterocycles. The molecule has 0 aliphatic carbocycles. The van der Waals surface area contributed by atoms with Gasteiger partial charge in [-0.3, -0.25) is 9.98 Å². The summed E-state index contributed by atoms with van der Waals surface area (Å²) < 4.78 is 0. The van der Waals surface area contributed by atoms with E-state index in [4.69, 9.17) is 10.2 Å². The van der Waals surface area contributed by atoms with Gasteiger partial charge in [0.25, 0.3) is 0 Å². The molecule has 0 saturated heterocycles. The maximum atomic E-state index is 8.19. The van der Waals surface area contributed by atoms with Gasteiger partial charge >= 0.3 is 0 Å². The van der Waals surface area contributed by atoms with Gasteiger partial charge in [-0.15, -0.1) is 0 Å². The van der Waals surface area contributed by atoms with Gasteiger partial charge in [-0.1, -0.05) is 36.5 Å². The van der Waals surface area contributed by atoms with Gasteiger partial charge in [-0.25, -0.2) is 0 Å². The zero-order valence-electron chi connectivity index (χ0n) is 12.0. The van der Waals surface area contributed by atoms with Gasteiger partial charge in [0, 0.05) is 12.2 Å². The summed E-state index contributed by atoms with van der Waals surface area (Å²) in [5, 5.41) is 16.4. The van der Waals surface area contributed by atoms with Crippen molar-refractivity contribution in [1.29, 1.82) is 0 Å². The molecule has 0 saturated carbocycles. The van der Waals surface area contributed by atoms with Crippen LogP contribution in [0.3, 0.4) is 0 Å². The first-order valence-electron chi connectivity index (χ1n) is 6.09. The topological polar surface area (TPSA) is 68.4 Å². The Balaban J connectivity index is 0. The van der Waals surface area contributed by atoms with Crippen LogP contribution < -0.4 is 9.98 Å². The number of hydrogen-bond acceptors (Lipinski definition) is 2. The maximum absolute atomic E-state index is 8.19. The molecule has 0 rings (SSSR count). The van der Waals surface area contributed by atoms with Gasteiger partial charge in [0.1, 0.15) is 14.1 Å². The summed E-state index contributed by atoms with van der Waals surface area (Å²) in [5.41, 5.74) is 0. The molecule has 4 N–H and O–H groups in total. The fourth-order valence-electron chi connectivity index (χ4n) is 0.788. The Hall–Kier alpha value is -2.62. The highest BCUT2D eigenvalue weighted by Crippen LogP contribution is 1.76. The summed E-state index contributed by atoms with van der Waals surface area (Å²) in [5.74, 6) is 0. The van der Waals surface area contributed by atoms with Crippen LogP contribution in [0.4, 0.5) is 0 Å². The largest absolute Gasteiger partial charge is 0.516 e. The molecule has 0 unspecified atom stereocenters. The van der Waals surface area contributed by atoms with E-state index in [9.17, 15) is 0 Å². The summed E-state index contributed by atoms with van der Waals surface area (Å²) in [6.45, 7) is 0. The molecule has 0 spiro atoms. The lowest BCUT2D eigenvalue weighted by Crippen LogP contribution is -2.62. The smallest absolute Gasteiger partial charge is 0.161 e. The van der Waals surface area contributed by atoms with Crippen molar-refractivity contribution in [2.24, 2.45) is 0 Å². The highest BCUT2D eigenvalue weighted by molar-refractivity contribution is 5.65. The Bertz CT molecular complexity index is 332. The highest BCUT2D eigenvalue weighted by Gasteiger charge is 1.64. The van der Waals surface area contributed by atoms with Crippen molar-refractivity contribution in [3.05, 3.63) is 73.3 Å². The van der Waals surface area contributed by atoms with Gasteiger partial charge in [0.2, 0.25) is 0 Å². The van der Waals surface area contributed by atoms with Gasteiger partial charge in [-0.05, 0) is 12.2 Å². The van der Waals surface area contributed by atoms with Crippen LogP contribution in [-0.4, -0.2) is 36.7 Å². The van der Waals surface area contributed by atoms with E-state index >= 15 is 0 Å². The molecule has 0 aromatic rings. The first-order chi connectivity index (χ1) is 9.83. The minimum absolute atomic E-state index is 0.992. The average Bonchev–Trinajstić information content (AvgIpc) is 2.47. The van der Waals surface area contributed by atoms with Crippen molar-refractivity contribution in [3.8, 4) is 0 Å². The summed E-state index contributed by atoms with van der Waals surface area (Å²) in [4.78, 5) is 5.69. The molecule has 0 atom stereocenters. The minimum atomic E-state index is 0.992. The lowest BCUT2D eigenvalue weighted by Gasteiger charge is -1.68. The molecule has 0 radical (unpaired) electrons. The van der Waals surface area contributed by atoms with Crippen molar-refractivity contribution in [2.45, 2.75) is 0 Å². The van der Waals surface area contributed by atoms with Crippen LogP contribution in [0.25, 0.3) is 0 Å². The lowest BCUT2D eigenvalue weighted by atomic mass is 10.4. The van der Waals surface area contributed by atoms with E-state index < -0.39 is 0 Å². The number of nitrogens with one attached hydrogen (secondary N) is 2. The van der Waals surface area contributed by atoms with E-state index in [1.54, 1.807) is 24.3 Å². The molecule has 4 heteroatoms. The van der Waals surface area contributed by atoms with Crippen LogP contribution in [0.5, 0.6) is 0 Å². The first-order valence-corrected chi connectivity index (χ1v) is 6.09. The van der Waals surface area contributed by atoms with E-state index in [0.29, 0.717) is 0 Å². The van der Waals surface area contributed by atoms with E-state index in [1.165, 1.54) is 0 Å². The fourth-order valence-corrected chi connectivity index (χ4v) is 0.788. The quantitative estimate of drug-likeness (QED) is 0.311. The van der Waals surface area contributed by atoms with E-state index in [1.807, 2.05) is 63.0 Å². The van der Waals surface area contributed by atoms with Crippen LogP contribution in [0.2, 0.25) is 0 Å². The fraction of sp³-hybridized carbons (Fsp3) is 0.125. The number of aliphatic hydroxyl groups is 2. The van der Waals surface area contributed by atoms with Gasteiger partial charge in [0.15, 0.2) is 12.4 Å². The molecule has 108 valence electrons. The second-order valence-electron chi connectivity index (χ2n) is 3.13. The first kappa shape index (κ1) is 19.7. The SMILES string of the molecule is C[NH+]=C/C=C/C=C/C=C\O.C[NH+]=CC=CC=CC=CO. The predicted molar refractivity (Wildman–Crippen MR) is 86.0 cm³/mol. The molecular weight excluding hydrogens is 252 g/mol. The maximum Gasteiger partial charge on any atom is 0.161 e. The third kappa shape index (κ3) is 24.6. The summed E-state index contributed by atoms with van der Waals surface area (Å²) >= 11 is 0. The molecule has 0 aliphatic rings. The summed E-state index contributed by atoms with van der Waals surface area (Å²) in [6, 6.07) is 0. The Labute approximate surface area is 120 Å². The van der Waals surface area contributed by atoms with Crippen molar-refractivity contribution in [2.75, 3.05) is 14.1 Å². The summed E-state index contributed by atoms with van der Waals surface area (Å²) in [7, 11) is 3.67. The van der Waals surface area contributed by atoms with Crippen LogP contribution in [0.1, 0.15) is 0 Å². The number of allylic oxidation sites excluding steroid dienone is 10. The molecule has 4 nitrogen and oxygen atoms in total. The highest BCUT2D eigenvalue weighted by atomic mass is 16.2. The van der Waals surface area contributed by atoms with Gasteiger partial charge < -0.3 is 10.2 Å². The zero-order chi connectivity index (χ0) is 15.3. The second-order valence-corrected chi connectivity index (χ2v) is 3.13. The molecular formula is C16H24N2O2+2. The van der Waals surface area contributed by atoms with Crippen LogP contribution in [0, 0.1) is 0 Å². The summed E-state index contributed by atoms with van der Waals surface area (Å²) in [6.07, 6.45) is 23.3. The molecule has 0 bridgehead atoms. The zero-order valence-corrected chi connectivity index (χ0v) is 12.0.